The second kappa shape index (κ2) is 8.23. The van der Waals surface area contributed by atoms with E-state index in [1.165, 1.54) is 22.2 Å². The maximum atomic E-state index is 12.6. The number of rotatable bonds is 6. The van der Waals surface area contributed by atoms with Crippen molar-refractivity contribution in [1.29, 1.82) is 0 Å². The first-order valence-electron chi connectivity index (χ1n) is 9.68. The molecule has 0 aliphatic carbocycles. The Morgan fingerprint density at radius 1 is 1.31 bits per heavy atom. The van der Waals surface area contributed by atoms with Gasteiger partial charge in [-0.2, -0.15) is 0 Å². The topological polar surface area (TPSA) is 57.4 Å². The number of aromatic amines is 1. The molecule has 26 heavy (non-hydrogen) atoms. The lowest BCUT2D eigenvalue weighted by atomic mass is 10.0. The van der Waals surface area contributed by atoms with Crippen molar-refractivity contribution in [2.45, 2.75) is 40.7 Å². The third kappa shape index (κ3) is 4.10. The van der Waals surface area contributed by atoms with Crippen LogP contribution in [0.3, 0.4) is 0 Å². The van der Waals surface area contributed by atoms with Crippen molar-refractivity contribution in [3.8, 4) is 0 Å². The molecule has 3 rings (SSSR count). The fourth-order valence-electron chi connectivity index (χ4n) is 3.82. The van der Waals surface area contributed by atoms with Crippen LogP contribution in [0.1, 0.15) is 36.2 Å². The van der Waals surface area contributed by atoms with Gasteiger partial charge in [0.25, 0.3) is 0 Å². The lowest BCUT2D eigenvalue weighted by Crippen LogP contribution is -2.42. The number of carbonyl (C=O) groups is 1. The molecule has 1 fully saturated rings. The molecule has 1 atom stereocenters. The number of fused-ring (bicyclic) bond motifs is 1. The summed E-state index contributed by atoms with van der Waals surface area (Å²) in [6.07, 6.45) is 0.988. The van der Waals surface area contributed by atoms with Gasteiger partial charge in [-0.25, -0.2) is 0 Å². The monoisotopic (exact) mass is 357 g/mol. The van der Waals surface area contributed by atoms with Crippen molar-refractivity contribution in [2.24, 2.45) is 5.92 Å². The summed E-state index contributed by atoms with van der Waals surface area (Å²) in [6.45, 7) is 13.2. The molecular weight excluding hydrogens is 326 g/mol. The van der Waals surface area contributed by atoms with Gasteiger partial charge in [-0.3, -0.25) is 9.69 Å². The molecule has 1 aromatic heterocycles. The van der Waals surface area contributed by atoms with Crippen molar-refractivity contribution in [1.82, 2.24) is 15.2 Å². The Labute approximate surface area is 156 Å². The number of nitrogens with one attached hydrogen (secondary N) is 2. The van der Waals surface area contributed by atoms with Crippen LogP contribution in [0.2, 0.25) is 0 Å². The Bertz CT molecular complexity index is 775. The number of hydrogen-bond donors (Lipinski definition) is 2. The first-order chi connectivity index (χ1) is 12.5. The smallest absolute Gasteiger partial charge is 0.224 e. The van der Waals surface area contributed by atoms with Crippen LogP contribution in [0.4, 0.5) is 0 Å². The van der Waals surface area contributed by atoms with E-state index in [1.807, 2.05) is 6.92 Å². The van der Waals surface area contributed by atoms with E-state index in [9.17, 15) is 4.79 Å². The van der Waals surface area contributed by atoms with Crippen LogP contribution in [-0.4, -0.2) is 48.6 Å². The Balaban J connectivity index is 1.67. The average Bonchev–Trinajstić information content (AvgIpc) is 2.96. The van der Waals surface area contributed by atoms with E-state index in [-0.39, 0.29) is 11.8 Å². The third-order valence-electron chi connectivity index (χ3n) is 5.39. The quantitative estimate of drug-likeness (QED) is 0.836. The van der Waals surface area contributed by atoms with E-state index in [0.29, 0.717) is 6.54 Å². The summed E-state index contributed by atoms with van der Waals surface area (Å²) in [5.74, 6) is 0.0927. The number of ether oxygens (including phenoxy) is 1. The molecule has 1 aliphatic rings. The molecule has 2 heterocycles. The summed E-state index contributed by atoms with van der Waals surface area (Å²) < 4.78 is 5.37. The van der Waals surface area contributed by atoms with Gasteiger partial charge < -0.3 is 15.0 Å². The van der Waals surface area contributed by atoms with Gasteiger partial charge in [0.05, 0.1) is 18.7 Å². The molecule has 1 unspecified atom stereocenters. The van der Waals surface area contributed by atoms with Gasteiger partial charge in [0.1, 0.15) is 0 Å². The maximum absolute atomic E-state index is 12.6. The van der Waals surface area contributed by atoms with Gasteiger partial charge in [0.15, 0.2) is 0 Å². The maximum Gasteiger partial charge on any atom is 0.224 e. The Morgan fingerprint density at radius 2 is 2.04 bits per heavy atom. The number of morpholine rings is 1. The summed E-state index contributed by atoms with van der Waals surface area (Å²) in [4.78, 5) is 18.4. The number of aryl methyl sites for hydroxylation is 3. The zero-order valence-electron chi connectivity index (χ0n) is 16.4. The number of amides is 1. The van der Waals surface area contributed by atoms with Crippen LogP contribution in [0.15, 0.2) is 12.1 Å². The molecule has 1 saturated heterocycles. The highest BCUT2D eigenvalue weighted by Gasteiger charge is 2.19. The fourth-order valence-corrected chi connectivity index (χ4v) is 3.82. The van der Waals surface area contributed by atoms with Crippen LogP contribution in [0.5, 0.6) is 0 Å². The summed E-state index contributed by atoms with van der Waals surface area (Å²) in [5, 5.41) is 4.41. The summed E-state index contributed by atoms with van der Waals surface area (Å²) in [6, 6.07) is 4.40. The second-order valence-corrected chi connectivity index (χ2v) is 7.46. The van der Waals surface area contributed by atoms with Crippen molar-refractivity contribution >= 4 is 16.8 Å². The molecule has 0 saturated carbocycles. The predicted octanol–water partition coefficient (Wildman–Crippen LogP) is 2.93. The number of nitrogens with zero attached hydrogens (tertiary/aromatic N) is 1. The highest BCUT2D eigenvalue weighted by atomic mass is 16.5. The van der Waals surface area contributed by atoms with E-state index < -0.39 is 0 Å². The fraction of sp³-hybridized carbons (Fsp3) is 0.571. The Kier molecular flexibility index (Phi) is 5.99. The largest absolute Gasteiger partial charge is 0.379 e. The minimum Gasteiger partial charge on any atom is -0.379 e. The van der Waals surface area contributed by atoms with Gasteiger partial charge in [0.2, 0.25) is 5.91 Å². The molecule has 0 radical (unpaired) electrons. The van der Waals surface area contributed by atoms with Crippen LogP contribution >= 0.6 is 0 Å². The first-order valence-corrected chi connectivity index (χ1v) is 9.68. The normalized spacial score (nSPS) is 16.8. The molecule has 142 valence electrons. The number of benzene rings is 1. The van der Waals surface area contributed by atoms with Crippen molar-refractivity contribution in [2.75, 3.05) is 32.8 Å². The lowest BCUT2D eigenvalue weighted by Gasteiger charge is -2.28. The van der Waals surface area contributed by atoms with Crippen LogP contribution < -0.4 is 5.32 Å². The van der Waals surface area contributed by atoms with Crippen LogP contribution in [-0.2, 0) is 22.5 Å². The average molecular weight is 357 g/mol. The predicted molar refractivity (Wildman–Crippen MR) is 105 cm³/mol. The molecule has 2 aromatic rings. The number of hydrogen-bond acceptors (Lipinski definition) is 3. The first kappa shape index (κ1) is 18.9. The Morgan fingerprint density at radius 3 is 2.73 bits per heavy atom. The van der Waals surface area contributed by atoms with E-state index in [1.54, 1.807) is 0 Å². The second-order valence-electron chi connectivity index (χ2n) is 7.46. The van der Waals surface area contributed by atoms with Crippen molar-refractivity contribution in [3.63, 3.8) is 0 Å². The van der Waals surface area contributed by atoms with Gasteiger partial charge in [-0.1, -0.05) is 25.5 Å². The van der Waals surface area contributed by atoms with Gasteiger partial charge in [0, 0.05) is 43.2 Å². The zero-order chi connectivity index (χ0) is 18.7. The number of carbonyl (C=O) groups excluding carboxylic acids is 1. The standard InChI is InChI=1S/C21H31N3O2/c1-5-19-16(4)18-11-14(2)10-17(20(18)23-19)12-22-21(25)15(3)13-24-6-8-26-9-7-24/h10-11,15,23H,5-9,12-13H2,1-4H3,(H,22,25). The molecule has 2 N–H and O–H groups in total. The SMILES string of the molecule is CCc1[nH]c2c(CNC(=O)C(C)CN3CCOCC3)cc(C)cc2c1C. The van der Waals surface area contributed by atoms with Crippen molar-refractivity contribution < 1.29 is 9.53 Å². The Hall–Kier alpha value is -1.85. The molecule has 1 aromatic carbocycles. The molecule has 1 amide bonds. The molecular formula is C21H31N3O2. The summed E-state index contributed by atoms with van der Waals surface area (Å²) >= 11 is 0. The van der Waals surface area contributed by atoms with E-state index in [2.05, 4.69) is 48.1 Å². The number of aromatic nitrogens is 1. The lowest BCUT2D eigenvalue weighted by molar-refractivity contribution is -0.125. The minimum atomic E-state index is -0.0232. The van der Waals surface area contributed by atoms with Gasteiger partial charge in [-0.15, -0.1) is 0 Å². The zero-order valence-corrected chi connectivity index (χ0v) is 16.4. The van der Waals surface area contributed by atoms with E-state index in [0.717, 1.165) is 50.3 Å². The molecule has 0 bridgehead atoms. The minimum absolute atomic E-state index is 0.0232. The molecule has 5 nitrogen and oxygen atoms in total. The van der Waals surface area contributed by atoms with Gasteiger partial charge >= 0.3 is 0 Å². The summed E-state index contributed by atoms with van der Waals surface area (Å²) in [7, 11) is 0. The summed E-state index contributed by atoms with van der Waals surface area (Å²) in [5.41, 5.74) is 6.15. The number of H-pyrrole nitrogens is 1. The van der Waals surface area contributed by atoms with Crippen LogP contribution in [0, 0.1) is 19.8 Å². The van der Waals surface area contributed by atoms with E-state index >= 15 is 0 Å². The highest BCUT2D eigenvalue weighted by molar-refractivity contribution is 5.88. The van der Waals surface area contributed by atoms with Crippen LogP contribution in [0.25, 0.3) is 10.9 Å². The third-order valence-corrected chi connectivity index (χ3v) is 5.39. The molecule has 5 heteroatoms. The molecule has 1 aliphatic heterocycles. The van der Waals surface area contributed by atoms with Gasteiger partial charge in [-0.05, 0) is 37.5 Å². The molecule has 0 spiro atoms. The highest BCUT2D eigenvalue weighted by Crippen LogP contribution is 2.26. The van der Waals surface area contributed by atoms with Crippen molar-refractivity contribution in [3.05, 3.63) is 34.5 Å². The van der Waals surface area contributed by atoms with E-state index in [4.69, 9.17) is 4.74 Å².